The van der Waals surface area contributed by atoms with Crippen LogP contribution in [0, 0.1) is 0 Å². The van der Waals surface area contributed by atoms with Crippen molar-refractivity contribution >= 4 is 37.3 Å². The molecule has 1 aromatic heterocycles. The van der Waals surface area contributed by atoms with Crippen molar-refractivity contribution in [2.75, 3.05) is 44.2 Å². The number of nitrogens with one attached hydrogen (secondary N) is 1. The maximum atomic E-state index is 13.0. The molecule has 5 rings (SSSR count). The van der Waals surface area contributed by atoms with Gasteiger partial charge >= 0.3 is 0 Å². The van der Waals surface area contributed by atoms with Crippen molar-refractivity contribution in [3.05, 3.63) is 29.6 Å². The molecular formula is C17H22N4O2S2. The van der Waals surface area contributed by atoms with Crippen molar-refractivity contribution < 1.29 is 8.42 Å². The van der Waals surface area contributed by atoms with E-state index in [0.29, 0.717) is 25.7 Å². The zero-order valence-electron chi connectivity index (χ0n) is 14.0. The van der Waals surface area contributed by atoms with Crippen LogP contribution in [0.25, 0.3) is 10.1 Å². The van der Waals surface area contributed by atoms with Crippen LogP contribution >= 0.6 is 11.3 Å². The van der Waals surface area contributed by atoms with Gasteiger partial charge in [0.05, 0.1) is 0 Å². The Kier molecular flexibility index (Phi) is 3.79. The fourth-order valence-electron chi connectivity index (χ4n) is 4.37. The second kappa shape index (κ2) is 5.92. The van der Waals surface area contributed by atoms with E-state index < -0.39 is 10.2 Å². The van der Waals surface area contributed by atoms with Crippen LogP contribution < -0.4 is 10.2 Å². The summed E-state index contributed by atoms with van der Waals surface area (Å²) >= 11 is 1.75. The Bertz CT molecular complexity index is 889. The highest BCUT2D eigenvalue weighted by molar-refractivity contribution is 7.86. The lowest BCUT2D eigenvalue weighted by atomic mass is 10.2. The summed E-state index contributed by atoms with van der Waals surface area (Å²) in [4.78, 5) is 2.32. The molecule has 1 N–H and O–H groups in total. The van der Waals surface area contributed by atoms with Gasteiger partial charge in [0.25, 0.3) is 10.2 Å². The highest BCUT2D eigenvalue weighted by Crippen LogP contribution is 2.32. The first-order chi connectivity index (χ1) is 12.1. The van der Waals surface area contributed by atoms with E-state index in [-0.39, 0.29) is 6.04 Å². The lowest BCUT2D eigenvalue weighted by molar-refractivity contribution is 0.295. The first kappa shape index (κ1) is 16.0. The van der Waals surface area contributed by atoms with Crippen molar-refractivity contribution in [1.29, 1.82) is 0 Å². The molecular weight excluding hydrogens is 356 g/mol. The van der Waals surface area contributed by atoms with Crippen LogP contribution in [0.1, 0.15) is 6.42 Å². The molecule has 25 heavy (non-hydrogen) atoms. The third-order valence-electron chi connectivity index (χ3n) is 5.68. The predicted molar refractivity (Wildman–Crippen MR) is 101 cm³/mol. The summed E-state index contributed by atoms with van der Waals surface area (Å²) in [5, 5.41) is 6.76. The average molecular weight is 379 g/mol. The van der Waals surface area contributed by atoms with Gasteiger partial charge in [-0.1, -0.05) is 6.07 Å². The van der Waals surface area contributed by atoms with Gasteiger partial charge in [0.1, 0.15) is 0 Å². The number of thiophene rings is 1. The Labute approximate surface area is 152 Å². The molecule has 0 amide bonds. The molecule has 2 bridgehead atoms. The van der Waals surface area contributed by atoms with Gasteiger partial charge in [-0.05, 0) is 30.0 Å². The standard InChI is InChI=1S/C17H22N4O2S2/c22-25(23,21-12-13-10-14(21)11-18-13)20-7-5-19(6-8-20)16-2-1-3-17-15(16)4-9-24-17/h1-4,9,13-14,18H,5-8,10-12H2/t13-,14-/m0/s1. The maximum Gasteiger partial charge on any atom is 0.282 e. The highest BCUT2D eigenvalue weighted by atomic mass is 32.2. The number of hydrogen-bond acceptors (Lipinski definition) is 5. The third-order valence-corrected chi connectivity index (χ3v) is 8.62. The van der Waals surface area contributed by atoms with Gasteiger partial charge in [-0.25, -0.2) is 0 Å². The maximum absolute atomic E-state index is 13.0. The summed E-state index contributed by atoms with van der Waals surface area (Å²) in [6.07, 6.45) is 0.958. The third kappa shape index (κ3) is 2.59. The van der Waals surface area contributed by atoms with Crippen LogP contribution in [0.15, 0.2) is 29.6 Å². The number of hydrogen-bond donors (Lipinski definition) is 1. The lowest BCUT2D eigenvalue weighted by Gasteiger charge is -2.39. The fourth-order valence-corrected chi connectivity index (χ4v) is 7.00. The molecule has 8 heteroatoms. The van der Waals surface area contributed by atoms with Crippen molar-refractivity contribution in [3.8, 4) is 0 Å². The monoisotopic (exact) mass is 378 g/mol. The Morgan fingerprint density at radius 2 is 1.96 bits per heavy atom. The molecule has 2 aromatic rings. The molecule has 0 aliphatic carbocycles. The summed E-state index contributed by atoms with van der Waals surface area (Å²) in [5.41, 5.74) is 1.22. The molecule has 0 radical (unpaired) electrons. The molecule has 3 aliphatic heterocycles. The number of benzene rings is 1. The van der Waals surface area contributed by atoms with E-state index in [1.165, 1.54) is 15.8 Å². The van der Waals surface area contributed by atoms with Crippen LogP contribution in [-0.4, -0.2) is 68.4 Å². The molecule has 3 fully saturated rings. The molecule has 4 heterocycles. The molecule has 6 nitrogen and oxygen atoms in total. The van der Waals surface area contributed by atoms with Gasteiger partial charge in [-0.2, -0.15) is 17.0 Å². The van der Waals surface area contributed by atoms with Crippen molar-refractivity contribution in [1.82, 2.24) is 13.9 Å². The van der Waals surface area contributed by atoms with E-state index in [1.54, 1.807) is 19.9 Å². The van der Waals surface area contributed by atoms with Crippen LogP contribution in [-0.2, 0) is 10.2 Å². The van der Waals surface area contributed by atoms with E-state index in [1.807, 2.05) is 0 Å². The summed E-state index contributed by atoms with van der Waals surface area (Å²) in [6.45, 7) is 4.03. The number of nitrogens with zero attached hydrogens (tertiary/aromatic N) is 3. The zero-order valence-corrected chi connectivity index (χ0v) is 15.6. The van der Waals surface area contributed by atoms with E-state index in [9.17, 15) is 8.42 Å². The van der Waals surface area contributed by atoms with E-state index in [0.717, 1.165) is 26.1 Å². The number of piperazine rings is 2. The fraction of sp³-hybridized carbons (Fsp3) is 0.529. The quantitative estimate of drug-likeness (QED) is 0.875. The van der Waals surface area contributed by atoms with Crippen LogP contribution in [0.4, 0.5) is 5.69 Å². The highest BCUT2D eigenvalue weighted by Gasteiger charge is 2.46. The Hall–Kier alpha value is -1.19. The Morgan fingerprint density at radius 3 is 2.68 bits per heavy atom. The van der Waals surface area contributed by atoms with Gasteiger partial charge in [0, 0.05) is 67.1 Å². The first-order valence-electron chi connectivity index (χ1n) is 8.84. The van der Waals surface area contributed by atoms with Crippen LogP contribution in [0.5, 0.6) is 0 Å². The van der Waals surface area contributed by atoms with Gasteiger partial charge in [0.15, 0.2) is 0 Å². The SMILES string of the molecule is O=S(=O)(N1CCN(c2cccc3sccc23)CC1)N1C[C@@H]2C[C@H]1CN2. The summed E-state index contributed by atoms with van der Waals surface area (Å²) in [7, 11) is -3.33. The largest absolute Gasteiger partial charge is 0.368 e. The average Bonchev–Trinajstić information content (AvgIpc) is 3.37. The normalized spacial score (nSPS) is 28.2. The molecule has 3 aliphatic rings. The zero-order chi connectivity index (χ0) is 17.0. The molecule has 0 unspecified atom stereocenters. The molecule has 134 valence electrons. The predicted octanol–water partition coefficient (Wildman–Crippen LogP) is 1.31. The molecule has 1 aromatic carbocycles. The molecule has 0 saturated carbocycles. The van der Waals surface area contributed by atoms with E-state index >= 15 is 0 Å². The van der Waals surface area contributed by atoms with Crippen molar-refractivity contribution in [3.63, 3.8) is 0 Å². The van der Waals surface area contributed by atoms with Crippen molar-refractivity contribution in [2.45, 2.75) is 18.5 Å². The minimum Gasteiger partial charge on any atom is -0.368 e. The summed E-state index contributed by atoms with van der Waals surface area (Å²) in [6, 6.07) is 9.02. The van der Waals surface area contributed by atoms with E-state index in [4.69, 9.17) is 0 Å². The molecule has 2 atom stereocenters. The number of rotatable bonds is 3. The minimum atomic E-state index is -3.33. The second-order valence-corrected chi connectivity index (χ2v) is 9.90. The second-order valence-electron chi connectivity index (χ2n) is 7.07. The van der Waals surface area contributed by atoms with E-state index in [2.05, 4.69) is 39.9 Å². The van der Waals surface area contributed by atoms with Crippen LogP contribution in [0.3, 0.4) is 0 Å². The van der Waals surface area contributed by atoms with Crippen molar-refractivity contribution in [2.24, 2.45) is 0 Å². The molecule has 0 spiro atoms. The summed E-state index contributed by atoms with van der Waals surface area (Å²) in [5.74, 6) is 0. The number of fused-ring (bicyclic) bond motifs is 3. The summed E-state index contributed by atoms with van der Waals surface area (Å²) < 4.78 is 30.7. The molecule has 3 saturated heterocycles. The topological polar surface area (TPSA) is 55.9 Å². The first-order valence-corrected chi connectivity index (χ1v) is 11.1. The lowest BCUT2D eigenvalue weighted by Crippen LogP contribution is -2.56. The van der Waals surface area contributed by atoms with Gasteiger partial charge in [0.2, 0.25) is 0 Å². The van der Waals surface area contributed by atoms with Gasteiger partial charge in [-0.15, -0.1) is 11.3 Å². The number of anilines is 1. The van der Waals surface area contributed by atoms with Crippen LogP contribution in [0.2, 0.25) is 0 Å². The van der Waals surface area contributed by atoms with Gasteiger partial charge in [-0.3, -0.25) is 0 Å². The Balaban J connectivity index is 1.32. The Morgan fingerprint density at radius 1 is 1.12 bits per heavy atom. The minimum absolute atomic E-state index is 0.146. The smallest absolute Gasteiger partial charge is 0.282 e. The van der Waals surface area contributed by atoms with Gasteiger partial charge < -0.3 is 10.2 Å².